The number of rotatable bonds is 1. The predicted octanol–water partition coefficient (Wildman–Crippen LogP) is 1.97. The van der Waals surface area contributed by atoms with Gasteiger partial charge in [-0.05, 0) is 24.3 Å². The van der Waals surface area contributed by atoms with E-state index in [0.29, 0.717) is 5.41 Å². The third kappa shape index (κ3) is 1.74. The summed E-state index contributed by atoms with van der Waals surface area (Å²) in [5, 5.41) is 0. The molecule has 0 heterocycles. The lowest BCUT2D eigenvalue weighted by molar-refractivity contribution is 0.179. The third-order valence-electron chi connectivity index (χ3n) is 2.08. The largest absolute Gasteiger partial charge is 0.416 e. The number of allylic oxidation sites excluding steroid dienone is 2. The Labute approximate surface area is 62.0 Å². The molecule has 10 heavy (non-hydrogen) atoms. The van der Waals surface area contributed by atoms with Gasteiger partial charge in [0.15, 0.2) is 0 Å². The van der Waals surface area contributed by atoms with Crippen molar-refractivity contribution >= 4 is 0 Å². The van der Waals surface area contributed by atoms with Crippen molar-refractivity contribution in [2.45, 2.75) is 33.1 Å². The van der Waals surface area contributed by atoms with E-state index < -0.39 is 0 Å². The van der Waals surface area contributed by atoms with Crippen molar-refractivity contribution in [1.29, 1.82) is 0 Å². The van der Waals surface area contributed by atoms with Gasteiger partial charge in [0, 0.05) is 6.42 Å². The molecule has 0 aromatic heterocycles. The molecular formula is C8H15NO. The Morgan fingerprint density at radius 3 is 2.70 bits per heavy atom. The first-order valence-corrected chi connectivity index (χ1v) is 3.70. The molecule has 0 saturated carbocycles. The Balaban J connectivity index is 2.52. The minimum Gasteiger partial charge on any atom is -0.416 e. The van der Waals surface area contributed by atoms with Gasteiger partial charge in [-0.1, -0.05) is 13.8 Å². The molecule has 0 spiro atoms. The molecule has 0 atom stereocenters. The van der Waals surface area contributed by atoms with Gasteiger partial charge in [-0.25, -0.2) is 0 Å². The van der Waals surface area contributed by atoms with E-state index in [-0.39, 0.29) is 0 Å². The number of hydrogen-bond acceptors (Lipinski definition) is 2. The highest BCUT2D eigenvalue weighted by atomic mass is 16.6. The highest BCUT2D eigenvalue weighted by Gasteiger charge is 2.21. The maximum atomic E-state index is 5.02. The molecule has 0 amide bonds. The van der Waals surface area contributed by atoms with Crippen molar-refractivity contribution in [2.75, 3.05) is 0 Å². The molecule has 0 bridgehead atoms. The van der Waals surface area contributed by atoms with E-state index in [0.717, 1.165) is 18.6 Å². The van der Waals surface area contributed by atoms with Crippen LogP contribution in [0.3, 0.4) is 0 Å². The predicted molar refractivity (Wildman–Crippen MR) is 41.0 cm³/mol. The maximum Gasteiger partial charge on any atom is 0.120 e. The summed E-state index contributed by atoms with van der Waals surface area (Å²) >= 11 is 0. The van der Waals surface area contributed by atoms with Crippen LogP contribution >= 0.6 is 0 Å². The van der Waals surface area contributed by atoms with Crippen molar-refractivity contribution in [3.8, 4) is 0 Å². The average molecular weight is 141 g/mol. The summed E-state index contributed by atoms with van der Waals surface area (Å²) in [4.78, 5) is 4.65. The van der Waals surface area contributed by atoms with Gasteiger partial charge in [0.25, 0.3) is 0 Å². The van der Waals surface area contributed by atoms with E-state index in [1.807, 2.05) is 0 Å². The molecule has 1 rings (SSSR count). The van der Waals surface area contributed by atoms with E-state index in [2.05, 4.69) is 24.8 Å². The Hall–Kier alpha value is -0.500. The molecular weight excluding hydrogens is 126 g/mol. The molecule has 1 aliphatic carbocycles. The first kappa shape index (κ1) is 7.61. The van der Waals surface area contributed by atoms with E-state index in [1.54, 1.807) is 0 Å². The molecule has 0 saturated heterocycles. The smallest absolute Gasteiger partial charge is 0.120 e. The van der Waals surface area contributed by atoms with Crippen molar-refractivity contribution in [3.05, 3.63) is 11.8 Å². The molecule has 0 aliphatic heterocycles. The lowest BCUT2D eigenvalue weighted by Gasteiger charge is -2.27. The van der Waals surface area contributed by atoms with Crippen molar-refractivity contribution in [1.82, 2.24) is 0 Å². The fourth-order valence-corrected chi connectivity index (χ4v) is 1.16. The Morgan fingerprint density at radius 1 is 1.60 bits per heavy atom. The van der Waals surface area contributed by atoms with Crippen LogP contribution in [-0.2, 0) is 4.84 Å². The maximum absolute atomic E-state index is 5.02. The minimum absolute atomic E-state index is 0.446. The normalized spacial score (nSPS) is 23.7. The first-order valence-electron chi connectivity index (χ1n) is 3.70. The third-order valence-corrected chi connectivity index (χ3v) is 2.08. The van der Waals surface area contributed by atoms with E-state index >= 15 is 0 Å². The molecule has 58 valence electrons. The Morgan fingerprint density at radius 2 is 2.30 bits per heavy atom. The molecule has 0 unspecified atom stereocenters. The van der Waals surface area contributed by atoms with Crippen molar-refractivity contribution in [3.63, 3.8) is 0 Å². The monoisotopic (exact) mass is 141 g/mol. The Kier molecular flexibility index (Phi) is 2.00. The van der Waals surface area contributed by atoms with Gasteiger partial charge in [0.2, 0.25) is 0 Å². The van der Waals surface area contributed by atoms with Crippen LogP contribution in [0.5, 0.6) is 0 Å². The average Bonchev–Trinajstić information content (AvgIpc) is 1.88. The van der Waals surface area contributed by atoms with Crippen LogP contribution in [0.15, 0.2) is 11.8 Å². The fraction of sp³-hybridized carbons (Fsp3) is 0.750. The van der Waals surface area contributed by atoms with Crippen LogP contribution in [0.2, 0.25) is 0 Å². The van der Waals surface area contributed by atoms with Crippen molar-refractivity contribution in [2.24, 2.45) is 11.3 Å². The van der Waals surface area contributed by atoms with Crippen LogP contribution < -0.4 is 5.90 Å². The standard InChI is InChI=1S/C8H15NO/c1-8(2)5-3-7(10-9)4-6-8/h3H,4-6,9H2,1-2H3. The van der Waals surface area contributed by atoms with Crippen LogP contribution in [0.1, 0.15) is 33.1 Å². The van der Waals surface area contributed by atoms with Gasteiger partial charge < -0.3 is 4.84 Å². The number of hydrogen-bond donors (Lipinski definition) is 1. The van der Waals surface area contributed by atoms with Crippen LogP contribution in [0, 0.1) is 5.41 Å². The second-order valence-electron chi connectivity index (χ2n) is 3.66. The van der Waals surface area contributed by atoms with Crippen LogP contribution in [-0.4, -0.2) is 0 Å². The van der Waals surface area contributed by atoms with E-state index in [9.17, 15) is 0 Å². The molecule has 2 nitrogen and oxygen atoms in total. The van der Waals surface area contributed by atoms with Gasteiger partial charge in [0.1, 0.15) is 5.76 Å². The van der Waals surface area contributed by atoms with Gasteiger partial charge in [-0.15, -0.1) is 0 Å². The summed E-state index contributed by atoms with van der Waals surface area (Å²) in [6, 6.07) is 0. The molecule has 0 fully saturated rings. The highest BCUT2D eigenvalue weighted by molar-refractivity contribution is 5.01. The lowest BCUT2D eigenvalue weighted by Crippen LogP contribution is -2.16. The van der Waals surface area contributed by atoms with Gasteiger partial charge >= 0.3 is 0 Å². The second-order valence-corrected chi connectivity index (χ2v) is 3.66. The zero-order chi connectivity index (χ0) is 7.61. The number of nitrogens with two attached hydrogens (primary N) is 1. The summed E-state index contributed by atoms with van der Waals surface area (Å²) in [6.45, 7) is 4.52. The quantitative estimate of drug-likeness (QED) is 0.566. The molecule has 2 N–H and O–H groups in total. The van der Waals surface area contributed by atoms with Crippen LogP contribution in [0.25, 0.3) is 0 Å². The zero-order valence-corrected chi connectivity index (χ0v) is 6.68. The first-order chi connectivity index (χ1) is 4.64. The van der Waals surface area contributed by atoms with E-state index in [4.69, 9.17) is 5.90 Å². The highest BCUT2D eigenvalue weighted by Crippen LogP contribution is 2.33. The molecule has 0 aromatic rings. The summed E-state index contributed by atoms with van der Waals surface area (Å²) in [5.41, 5.74) is 0.446. The fourth-order valence-electron chi connectivity index (χ4n) is 1.16. The van der Waals surface area contributed by atoms with Gasteiger partial charge in [0.05, 0.1) is 0 Å². The van der Waals surface area contributed by atoms with Gasteiger partial charge in [-0.2, -0.15) is 5.90 Å². The minimum atomic E-state index is 0.446. The molecule has 0 aromatic carbocycles. The zero-order valence-electron chi connectivity index (χ0n) is 6.68. The molecule has 0 radical (unpaired) electrons. The Bertz CT molecular complexity index is 149. The topological polar surface area (TPSA) is 35.2 Å². The van der Waals surface area contributed by atoms with Crippen LogP contribution in [0.4, 0.5) is 0 Å². The van der Waals surface area contributed by atoms with Gasteiger partial charge in [-0.3, -0.25) is 0 Å². The SMILES string of the molecule is CC1(C)CC=C(ON)CC1. The summed E-state index contributed by atoms with van der Waals surface area (Å²) < 4.78 is 0. The summed E-state index contributed by atoms with van der Waals surface area (Å²) in [7, 11) is 0. The van der Waals surface area contributed by atoms with Crippen molar-refractivity contribution < 1.29 is 4.84 Å². The summed E-state index contributed by atoms with van der Waals surface area (Å²) in [5.74, 6) is 5.97. The molecule has 1 aliphatic rings. The second kappa shape index (κ2) is 2.62. The summed E-state index contributed by atoms with van der Waals surface area (Å²) in [6.07, 6.45) is 5.34. The lowest BCUT2D eigenvalue weighted by atomic mass is 9.80. The molecule has 2 heteroatoms. The van der Waals surface area contributed by atoms with E-state index in [1.165, 1.54) is 6.42 Å².